The van der Waals surface area contributed by atoms with Crippen molar-refractivity contribution in [1.82, 2.24) is 9.97 Å². The summed E-state index contributed by atoms with van der Waals surface area (Å²) >= 11 is 1.57. The number of aryl methyl sites for hydroxylation is 2. The number of pyridine rings is 1. The van der Waals surface area contributed by atoms with Crippen molar-refractivity contribution in [2.75, 3.05) is 0 Å². The number of hydrogen-bond acceptors (Lipinski definition) is 4. The molecule has 0 aliphatic carbocycles. The van der Waals surface area contributed by atoms with Crippen LogP contribution in [0.3, 0.4) is 0 Å². The van der Waals surface area contributed by atoms with E-state index in [1.54, 1.807) is 18.3 Å². The highest BCUT2D eigenvalue weighted by atomic mass is 32.1. The third kappa shape index (κ3) is 2.73. The molecule has 1 atom stereocenters. The molecule has 0 saturated heterocycles. The molecule has 0 fully saturated rings. The Bertz CT molecular complexity index is 529. The first-order chi connectivity index (χ1) is 8.38. The van der Waals surface area contributed by atoms with E-state index in [0.717, 1.165) is 21.8 Å². The molecule has 0 bridgehead atoms. The second-order valence-electron chi connectivity index (χ2n) is 4.56. The van der Waals surface area contributed by atoms with Crippen LogP contribution in [0.1, 0.15) is 28.2 Å². The van der Waals surface area contributed by atoms with Crippen molar-refractivity contribution < 1.29 is 9.50 Å². The second-order valence-corrected chi connectivity index (χ2v) is 5.85. The van der Waals surface area contributed by atoms with Crippen molar-refractivity contribution in [2.24, 2.45) is 0 Å². The van der Waals surface area contributed by atoms with E-state index >= 15 is 0 Å². The van der Waals surface area contributed by atoms with Crippen LogP contribution in [-0.4, -0.2) is 15.1 Å². The lowest BCUT2D eigenvalue weighted by atomic mass is 9.98. The van der Waals surface area contributed by atoms with Crippen LogP contribution in [0.15, 0.2) is 18.3 Å². The minimum atomic E-state index is -1.13. The fourth-order valence-electron chi connectivity index (χ4n) is 1.69. The monoisotopic (exact) mass is 266 g/mol. The minimum absolute atomic E-state index is 0.380. The van der Waals surface area contributed by atoms with Gasteiger partial charge in [0.1, 0.15) is 11.4 Å². The van der Waals surface area contributed by atoms with E-state index < -0.39 is 11.4 Å². The zero-order chi connectivity index (χ0) is 13.3. The van der Waals surface area contributed by atoms with E-state index in [0.29, 0.717) is 12.1 Å². The molecule has 5 heteroatoms. The molecule has 18 heavy (non-hydrogen) atoms. The van der Waals surface area contributed by atoms with Crippen LogP contribution in [-0.2, 0) is 12.0 Å². The van der Waals surface area contributed by atoms with E-state index in [1.165, 1.54) is 12.1 Å². The van der Waals surface area contributed by atoms with Crippen LogP contribution in [0.25, 0.3) is 0 Å². The van der Waals surface area contributed by atoms with Gasteiger partial charge >= 0.3 is 0 Å². The fraction of sp³-hybridized carbons (Fsp3) is 0.385. The molecule has 2 aromatic rings. The van der Waals surface area contributed by atoms with Crippen molar-refractivity contribution in [3.8, 4) is 0 Å². The van der Waals surface area contributed by atoms with Gasteiger partial charge in [-0.25, -0.2) is 9.37 Å². The van der Waals surface area contributed by atoms with Crippen molar-refractivity contribution in [3.05, 3.63) is 45.4 Å². The summed E-state index contributed by atoms with van der Waals surface area (Å²) < 4.78 is 12.8. The summed E-state index contributed by atoms with van der Waals surface area (Å²) in [6.45, 7) is 5.61. The smallest absolute Gasteiger partial charge is 0.141 e. The average molecular weight is 266 g/mol. The molecule has 3 nitrogen and oxygen atoms in total. The standard InChI is InChI=1S/C13H15FN2OS/c1-8-9(2)18-12(16-8)6-13(3,17)11-5-4-10(14)7-15-11/h4-5,7,17H,6H2,1-3H3. The predicted octanol–water partition coefficient (Wildman–Crippen LogP) is 2.74. The highest BCUT2D eigenvalue weighted by molar-refractivity contribution is 7.11. The lowest BCUT2D eigenvalue weighted by Gasteiger charge is -2.21. The highest BCUT2D eigenvalue weighted by Gasteiger charge is 2.27. The highest BCUT2D eigenvalue weighted by Crippen LogP contribution is 2.27. The number of rotatable bonds is 3. The first-order valence-corrected chi connectivity index (χ1v) is 6.47. The zero-order valence-electron chi connectivity index (χ0n) is 10.6. The lowest BCUT2D eigenvalue weighted by molar-refractivity contribution is 0.0528. The van der Waals surface area contributed by atoms with Gasteiger partial charge in [0.15, 0.2) is 0 Å². The van der Waals surface area contributed by atoms with Gasteiger partial charge in [-0.05, 0) is 32.9 Å². The van der Waals surface area contributed by atoms with Crippen LogP contribution in [0.5, 0.6) is 0 Å². The molecule has 0 amide bonds. The summed E-state index contributed by atoms with van der Waals surface area (Å²) in [5.74, 6) is -0.407. The van der Waals surface area contributed by atoms with Gasteiger partial charge in [-0.2, -0.15) is 0 Å². The summed E-state index contributed by atoms with van der Waals surface area (Å²) in [4.78, 5) is 9.47. The van der Waals surface area contributed by atoms with E-state index in [-0.39, 0.29) is 0 Å². The van der Waals surface area contributed by atoms with Crippen LogP contribution in [0.2, 0.25) is 0 Å². The quantitative estimate of drug-likeness (QED) is 0.929. The van der Waals surface area contributed by atoms with Gasteiger partial charge in [-0.1, -0.05) is 0 Å². The predicted molar refractivity (Wildman–Crippen MR) is 69.1 cm³/mol. The average Bonchev–Trinajstić information content (AvgIpc) is 2.57. The molecular formula is C13H15FN2OS. The maximum absolute atomic E-state index is 12.8. The van der Waals surface area contributed by atoms with Crippen molar-refractivity contribution in [1.29, 1.82) is 0 Å². The summed E-state index contributed by atoms with van der Waals surface area (Å²) in [7, 11) is 0. The van der Waals surface area contributed by atoms with Gasteiger partial charge in [0.25, 0.3) is 0 Å². The van der Waals surface area contributed by atoms with Gasteiger partial charge in [-0.15, -0.1) is 11.3 Å². The van der Waals surface area contributed by atoms with E-state index in [2.05, 4.69) is 9.97 Å². The Hall–Kier alpha value is -1.33. The largest absolute Gasteiger partial charge is 0.383 e. The third-order valence-corrected chi connectivity index (χ3v) is 3.92. The Balaban J connectivity index is 2.23. The second kappa shape index (κ2) is 4.74. The Morgan fingerprint density at radius 3 is 2.61 bits per heavy atom. The molecule has 1 N–H and O–H groups in total. The summed E-state index contributed by atoms with van der Waals surface area (Å²) in [5, 5.41) is 11.3. The number of aliphatic hydroxyl groups is 1. The van der Waals surface area contributed by atoms with Crippen LogP contribution in [0.4, 0.5) is 4.39 Å². The van der Waals surface area contributed by atoms with Gasteiger partial charge < -0.3 is 5.11 Å². The maximum Gasteiger partial charge on any atom is 0.141 e. The third-order valence-electron chi connectivity index (χ3n) is 2.85. The molecule has 0 aromatic carbocycles. The summed E-state index contributed by atoms with van der Waals surface area (Å²) in [6.07, 6.45) is 1.49. The first kappa shape index (κ1) is 13.1. The summed E-state index contributed by atoms with van der Waals surface area (Å²) in [6, 6.07) is 2.80. The Morgan fingerprint density at radius 2 is 2.11 bits per heavy atom. The Morgan fingerprint density at radius 1 is 1.39 bits per heavy atom. The van der Waals surface area contributed by atoms with Gasteiger partial charge in [0, 0.05) is 11.3 Å². The van der Waals surface area contributed by atoms with E-state index in [1.807, 2.05) is 13.8 Å². The molecule has 0 saturated carbocycles. The minimum Gasteiger partial charge on any atom is -0.383 e. The zero-order valence-corrected chi connectivity index (χ0v) is 11.4. The van der Waals surface area contributed by atoms with Gasteiger partial charge in [-0.3, -0.25) is 4.98 Å². The SMILES string of the molecule is Cc1nc(CC(C)(O)c2ccc(F)cn2)sc1C. The molecule has 2 aromatic heterocycles. The lowest BCUT2D eigenvalue weighted by Crippen LogP contribution is -2.25. The first-order valence-electron chi connectivity index (χ1n) is 5.66. The Kier molecular flexibility index (Phi) is 3.45. The number of nitrogens with zero attached hydrogens (tertiary/aromatic N) is 2. The van der Waals surface area contributed by atoms with Gasteiger partial charge in [0.05, 0.1) is 22.6 Å². The van der Waals surface area contributed by atoms with Gasteiger partial charge in [0.2, 0.25) is 0 Å². The van der Waals surface area contributed by atoms with Crippen LogP contribution >= 0.6 is 11.3 Å². The van der Waals surface area contributed by atoms with Crippen molar-refractivity contribution in [2.45, 2.75) is 32.8 Å². The molecular weight excluding hydrogens is 251 g/mol. The molecule has 0 spiro atoms. The summed E-state index contributed by atoms with van der Waals surface area (Å²) in [5.41, 5.74) is 0.303. The molecule has 0 radical (unpaired) electrons. The topological polar surface area (TPSA) is 46.0 Å². The molecule has 2 rings (SSSR count). The molecule has 0 aliphatic heterocycles. The maximum atomic E-state index is 12.8. The molecule has 0 aliphatic rings. The molecule has 2 heterocycles. The normalized spacial score (nSPS) is 14.5. The number of halogens is 1. The number of thiazole rings is 1. The fourth-order valence-corrected chi connectivity index (χ4v) is 2.78. The van der Waals surface area contributed by atoms with Crippen molar-refractivity contribution >= 4 is 11.3 Å². The van der Waals surface area contributed by atoms with Crippen LogP contribution in [0, 0.1) is 19.7 Å². The van der Waals surface area contributed by atoms with Crippen molar-refractivity contribution in [3.63, 3.8) is 0 Å². The number of aromatic nitrogens is 2. The van der Waals surface area contributed by atoms with E-state index in [4.69, 9.17) is 0 Å². The molecule has 1 unspecified atom stereocenters. The van der Waals surface area contributed by atoms with Crippen LogP contribution < -0.4 is 0 Å². The number of hydrogen-bond donors (Lipinski definition) is 1. The van der Waals surface area contributed by atoms with E-state index in [9.17, 15) is 9.50 Å². The Labute approximate surface area is 109 Å². The molecule has 96 valence electrons.